The van der Waals surface area contributed by atoms with Gasteiger partial charge in [-0.25, -0.2) is 17.7 Å². The third-order valence-electron chi connectivity index (χ3n) is 6.46. The minimum Gasteiger partial charge on any atom is -0.365 e. The number of nitrogens with one attached hydrogen (secondary N) is 2. The summed E-state index contributed by atoms with van der Waals surface area (Å²) < 4.78 is 35.8. The molecule has 1 amide bonds. The van der Waals surface area contributed by atoms with Crippen LogP contribution in [-0.4, -0.2) is 39.7 Å². The third kappa shape index (κ3) is 3.82. The van der Waals surface area contributed by atoms with Crippen molar-refractivity contribution >= 4 is 21.5 Å². The molecular formula is C23H28FN5O2S. The Bertz CT molecular complexity index is 1170. The summed E-state index contributed by atoms with van der Waals surface area (Å²) in [6.07, 6.45) is 7.55. The number of benzene rings is 1. The van der Waals surface area contributed by atoms with Gasteiger partial charge >= 0.3 is 0 Å². The Morgan fingerprint density at radius 3 is 2.75 bits per heavy atom. The van der Waals surface area contributed by atoms with E-state index >= 15 is 0 Å². The largest absolute Gasteiger partial charge is 0.365 e. The summed E-state index contributed by atoms with van der Waals surface area (Å²) in [4.78, 5) is 15.9. The van der Waals surface area contributed by atoms with Gasteiger partial charge in [-0.15, -0.1) is 0 Å². The van der Waals surface area contributed by atoms with Gasteiger partial charge in [0.15, 0.2) is 0 Å². The molecule has 4 rings (SSSR count). The first-order chi connectivity index (χ1) is 15.1. The maximum absolute atomic E-state index is 14.1. The highest BCUT2D eigenvalue weighted by Crippen LogP contribution is 2.44. The summed E-state index contributed by atoms with van der Waals surface area (Å²) in [6.45, 7) is 5.89. The number of hydrogen-bond acceptors (Lipinski definition) is 5. The van der Waals surface area contributed by atoms with E-state index in [2.05, 4.69) is 14.4 Å². The predicted octanol–water partition coefficient (Wildman–Crippen LogP) is 3.53. The normalized spacial score (nSPS) is 31.5. The molecule has 4 atom stereocenters. The van der Waals surface area contributed by atoms with Gasteiger partial charge in [-0.2, -0.15) is 5.26 Å². The number of halogens is 1. The molecule has 9 heteroatoms. The van der Waals surface area contributed by atoms with Crippen molar-refractivity contribution in [2.24, 2.45) is 16.2 Å². The zero-order chi connectivity index (χ0) is 23.3. The van der Waals surface area contributed by atoms with E-state index < -0.39 is 27.2 Å². The molecule has 2 heterocycles. The number of nitriles is 1. The number of carbonyl (C=O) groups is 1. The highest BCUT2D eigenvalue weighted by molar-refractivity contribution is 7.95. The summed E-state index contributed by atoms with van der Waals surface area (Å²) in [7, 11) is -1.13. The highest BCUT2D eigenvalue weighted by Gasteiger charge is 2.52. The van der Waals surface area contributed by atoms with Crippen LogP contribution in [0.5, 0.6) is 0 Å². The van der Waals surface area contributed by atoms with Crippen LogP contribution in [0.3, 0.4) is 0 Å². The summed E-state index contributed by atoms with van der Waals surface area (Å²) >= 11 is 0. The SMILES string of the molecule is CC(C)[C@H]1C=CC2C(=CN(C)C2(C)C(=O)Nc2ccc(F)c(C#N)c2)S(=O)(=NC2CC2)N1. The molecule has 2 N–H and O–H groups in total. The number of rotatable bonds is 4. The zero-order valence-corrected chi connectivity index (χ0v) is 19.4. The molecule has 32 heavy (non-hydrogen) atoms. The molecule has 0 radical (unpaired) electrons. The van der Waals surface area contributed by atoms with E-state index in [1.54, 1.807) is 31.1 Å². The quantitative estimate of drug-likeness (QED) is 0.676. The van der Waals surface area contributed by atoms with E-state index in [9.17, 15) is 13.4 Å². The molecule has 2 aliphatic heterocycles. The third-order valence-corrected chi connectivity index (χ3v) is 8.64. The Kier molecular flexibility index (Phi) is 5.63. The maximum atomic E-state index is 14.1. The van der Waals surface area contributed by atoms with Gasteiger partial charge < -0.3 is 10.2 Å². The summed E-state index contributed by atoms with van der Waals surface area (Å²) in [5.74, 6) is -1.25. The Balaban J connectivity index is 1.72. The number of hydrogen-bond donors (Lipinski definition) is 2. The van der Waals surface area contributed by atoms with Crippen LogP contribution in [-0.2, 0) is 14.7 Å². The first kappa shape index (κ1) is 22.5. The number of fused-ring (bicyclic) bond motifs is 1. The molecule has 1 aromatic carbocycles. The van der Waals surface area contributed by atoms with Gasteiger partial charge in [0.1, 0.15) is 27.3 Å². The smallest absolute Gasteiger partial charge is 0.250 e. The van der Waals surface area contributed by atoms with Crippen LogP contribution in [0.4, 0.5) is 10.1 Å². The van der Waals surface area contributed by atoms with Gasteiger partial charge in [0, 0.05) is 30.9 Å². The van der Waals surface area contributed by atoms with Crippen LogP contribution in [0.15, 0.2) is 45.8 Å². The van der Waals surface area contributed by atoms with Gasteiger partial charge in [-0.1, -0.05) is 26.0 Å². The van der Waals surface area contributed by atoms with Gasteiger partial charge in [-0.05, 0) is 43.9 Å². The Hall–Kier alpha value is -2.70. The molecule has 170 valence electrons. The number of carbonyl (C=O) groups excluding carboxylic acids is 1. The molecule has 1 fully saturated rings. The number of nitrogens with zero attached hydrogens (tertiary/aromatic N) is 3. The van der Waals surface area contributed by atoms with Gasteiger partial charge in [-0.3, -0.25) is 4.79 Å². The predicted molar refractivity (Wildman–Crippen MR) is 122 cm³/mol. The molecular weight excluding hydrogens is 429 g/mol. The number of likely N-dealkylation sites (N-methyl/N-ethyl adjacent to an activating group) is 1. The minimum atomic E-state index is -2.90. The van der Waals surface area contributed by atoms with Crippen molar-refractivity contribution in [2.75, 3.05) is 12.4 Å². The first-order valence-corrected chi connectivity index (χ1v) is 12.3. The van der Waals surface area contributed by atoms with Crippen molar-refractivity contribution in [3.8, 4) is 6.07 Å². The summed E-state index contributed by atoms with van der Waals surface area (Å²) in [6, 6.07) is 5.62. The molecule has 1 aromatic rings. The van der Waals surface area contributed by atoms with E-state index in [-0.39, 0.29) is 29.5 Å². The monoisotopic (exact) mass is 457 g/mol. The lowest BCUT2D eigenvalue weighted by Gasteiger charge is -2.36. The molecule has 0 saturated heterocycles. The zero-order valence-electron chi connectivity index (χ0n) is 18.6. The van der Waals surface area contributed by atoms with E-state index in [1.807, 2.05) is 26.0 Å². The molecule has 3 aliphatic rings. The lowest BCUT2D eigenvalue weighted by Crippen LogP contribution is -2.53. The molecule has 3 unspecified atom stereocenters. The molecule has 1 saturated carbocycles. The highest BCUT2D eigenvalue weighted by atomic mass is 32.2. The number of amides is 1. The van der Waals surface area contributed by atoms with Gasteiger partial charge in [0.25, 0.3) is 5.91 Å². The van der Waals surface area contributed by atoms with Crippen LogP contribution in [0.25, 0.3) is 0 Å². The fraction of sp³-hybridized carbons (Fsp3) is 0.478. The van der Waals surface area contributed by atoms with Crippen molar-refractivity contribution in [3.63, 3.8) is 0 Å². The van der Waals surface area contributed by atoms with Crippen LogP contribution in [0.2, 0.25) is 0 Å². The van der Waals surface area contributed by atoms with Crippen LogP contribution in [0, 0.1) is 29.0 Å². The molecule has 0 spiro atoms. The summed E-state index contributed by atoms with van der Waals surface area (Å²) in [5.41, 5.74) is -0.895. The van der Waals surface area contributed by atoms with E-state index in [1.165, 1.54) is 12.1 Å². The van der Waals surface area contributed by atoms with Crippen molar-refractivity contribution < 1.29 is 13.4 Å². The van der Waals surface area contributed by atoms with Crippen molar-refractivity contribution in [2.45, 2.75) is 51.2 Å². The van der Waals surface area contributed by atoms with Gasteiger partial charge in [0.05, 0.1) is 16.5 Å². The van der Waals surface area contributed by atoms with Crippen molar-refractivity contribution in [1.29, 1.82) is 5.26 Å². The second-order valence-electron chi connectivity index (χ2n) is 9.16. The Labute approximate surface area is 188 Å². The standard InChI is InChI=1S/C23H28FN5O2S/c1-14(2)20-10-8-18-21(32(31,28-20)27-16-5-6-16)13-29(4)23(18,3)22(30)26-17-7-9-19(24)15(11-17)12-25/h7-11,13-14,16,18,20H,5-6H2,1-4H3,(H,26,30)(H,27,28,31)/t18?,20-,23?,32?/m1/s1. The maximum Gasteiger partial charge on any atom is 0.250 e. The molecule has 0 aromatic heterocycles. The summed E-state index contributed by atoms with van der Waals surface area (Å²) in [5, 5.41) is 11.9. The second kappa shape index (κ2) is 8.01. The second-order valence-corrected chi connectivity index (χ2v) is 11.1. The Morgan fingerprint density at radius 2 is 2.12 bits per heavy atom. The lowest BCUT2D eigenvalue weighted by molar-refractivity contribution is -0.125. The molecule has 7 nitrogen and oxygen atoms in total. The van der Waals surface area contributed by atoms with Crippen LogP contribution in [0.1, 0.15) is 39.2 Å². The van der Waals surface area contributed by atoms with Crippen molar-refractivity contribution in [1.82, 2.24) is 9.62 Å². The molecule has 1 aliphatic carbocycles. The fourth-order valence-electron chi connectivity index (χ4n) is 4.04. The van der Waals surface area contributed by atoms with E-state index in [4.69, 9.17) is 5.26 Å². The first-order valence-electron chi connectivity index (χ1n) is 10.8. The van der Waals surface area contributed by atoms with E-state index in [0.29, 0.717) is 10.6 Å². The fourth-order valence-corrected chi connectivity index (χ4v) is 6.66. The van der Waals surface area contributed by atoms with Crippen LogP contribution >= 0.6 is 0 Å². The molecule has 0 bridgehead atoms. The topological polar surface area (TPSA) is 97.6 Å². The van der Waals surface area contributed by atoms with Crippen molar-refractivity contribution in [3.05, 3.63) is 52.8 Å². The number of anilines is 1. The van der Waals surface area contributed by atoms with Gasteiger partial charge in [0.2, 0.25) is 0 Å². The van der Waals surface area contributed by atoms with Crippen LogP contribution < -0.4 is 10.0 Å². The average molecular weight is 458 g/mol. The Morgan fingerprint density at radius 1 is 1.41 bits per heavy atom. The van der Waals surface area contributed by atoms with E-state index in [0.717, 1.165) is 18.9 Å². The lowest BCUT2D eigenvalue weighted by atomic mass is 9.84. The minimum absolute atomic E-state index is 0.0806. The average Bonchev–Trinajstić information content (AvgIpc) is 3.52.